The first-order valence-corrected chi connectivity index (χ1v) is 10.3. The number of likely N-dealkylation sites (tertiary alicyclic amines) is 1. The second-order valence-electron chi connectivity index (χ2n) is 8.29. The third kappa shape index (κ3) is 3.55. The number of hydrogen-bond acceptors (Lipinski definition) is 4. The summed E-state index contributed by atoms with van der Waals surface area (Å²) in [6.45, 7) is 6.58. The third-order valence-electron chi connectivity index (χ3n) is 6.17. The van der Waals surface area contributed by atoms with Crippen LogP contribution < -0.4 is 11.2 Å². The van der Waals surface area contributed by atoms with Gasteiger partial charge in [0.05, 0.1) is 6.54 Å². The Kier molecular flexibility index (Phi) is 5.17. The van der Waals surface area contributed by atoms with Gasteiger partial charge in [-0.1, -0.05) is 36.2 Å². The molecule has 1 saturated heterocycles. The summed E-state index contributed by atoms with van der Waals surface area (Å²) < 4.78 is 4.65. The fraction of sp³-hybridized carbons (Fsp3) is 0.500. The smallest absolute Gasteiger partial charge is 0.317 e. The van der Waals surface area contributed by atoms with E-state index >= 15 is 0 Å². The van der Waals surface area contributed by atoms with Crippen molar-refractivity contribution in [3.05, 3.63) is 62.1 Å². The molecule has 4 rings (SSSR count). The molecule has 1 aliphatic heterocycles. The number of benzene rings is 1. The van der Waals surface area contributed by atoms with Crippen molar-refractivity contribution in [3.63, 3.8) is 0 Å². The van der Waals surface area contributed by atoms with Crippen LogP contribution in [0.4, 0.5) is 0 Å². The van der Waals surface area contributed by atoms with E-state index in [1.807, 2.05) is 4.57 Å². The molecule has 0 amide bonds. The van der Waals surface area contributed by atoms with Gasteiger partial charge in [-0.2, -0.15) is 0 Å². The molecule has 1 atom stereocenters. The molecule has 0 spiro atoms. The van der Waals surface area contributed by atoms with Gasteiger partial charge in [-0.05, 0) is 38.8 Å². The van der Waals surface area contributed by atoms with Crippen molar-refractivity contribution in [2.75, 3.05) is 6.54 Å². The van der Waals surface area contributed by atoms with Gasteiger partial charge < -0.3 is 4.57 Å². The van der Waals surface area contributed by atoms with Gasteiger partial charge in [0.2, 0.25) is 0 Å². The lowest BCUT2D eigenvalue weighted by molar-refractivity contribution is 0.147. The summed E-state index contributed by atoms with van der Waals surface area (Å²) >= 11 is 0. The number of aryl methyl sites for hydroxylation is 2. The molecule has 154 valence electrons. The maximum Gasteiger partial charge on any atom is 0.332 e. The number of imidazole rings is 1. The Morgan fingerprint density at radius 1 is 1.03 bits per heavy atom. The Labute approximate surface area is 170 Å². The lowest BCUT2D eigenvalue weighted by atomic mass is 10.0. The molecular formula is C22H29N5O2. The van der Waals surface area contributed by atoms with Gasteiger partial charge in [-0.3, -0.25) is 18.8 Å². The first-order valence-electron chi connectivity index (χ1n) is 10.3. The second kappa shape index (κ2) is 7.63. The van der Waals surface area contributed by atoms with Crippen LogP contribution in [0.2, 0.25) is 0 Å². The number of hydrogen-bond donors (Lipinski definition) is 0. The summed E-state index contributed by atoms with van der Waals surface area (Å²) in [6.07, 6.45) is 3.62. The highest BCUT2D eigenvalue weighted by atomic mass is 16.2. The van der Waals surface area contributed by atoms with Crippen LogP contribution >= 0.6 is 0 Å². The van der Waals surface area contributed by atoms with Crippen molar-refractivity contribution < 1.29 is 0 Å². The highest BCUT2D eigenvalue weighted by Gasteiger charge is 2.24. The number of aromatic nitrogens is 4. The van der Waals surface area contributed by atoms with Crippen molar-refractivity contribution in [2.24, 2.45) is 14.1 Å². The van der Waals surface area contributed by atoms with E-state index in [1.165, 1.54) is 41.0 Å². The van der Waals surface area contributed by atoms with Crippen molar-refractivity contribution in [2.45, 2.75) is 52.2 Å². The number of piperidine rings is 1. The summed E-state index contributed by atoms with van der Waals surface area (Å²) in [5, 5.41) is 0. The molecule has 29 heavy (non-hydrogen) atoms. The van der Waals surface area contributed by atoms with E-state index < -0.39 is 0 Å². The molecule has 1 aromatic carbocycles. The van der Waals surface area contributed by atoms with Crippen LogP contribution in [0, 0.1) is 6.92 Å². The Morgan fingerprint density at radius 3 is 2.45 bits per heavy atom. The molecule has 3 heterocycles. The predicted octanol–water partition coefficient (Wildman–Crippen LogP) is 2.16. The number of rotatable bonds is 4. The van der Waals surface area contributed by atoms with Gasteiger partial charge in [0.15, 0.2) is 11.2 Å². The van der Waals surface area contributed by atoms with Crippen LogP contribution in [-0.2, 0) is 27.2 Å². The molecule has 0 saturated carbocycles. The van der Waals surface area contributed by atoms with Crippen LogP contribution in [0.1, 0.15) is 43.1 Å². The number of fused-ring (bicyclic) bond motifs is 1. The SMILES string of the molecule is Cc1ccc(Cn2c(CN3CCCC[C@@H]3C)nc3c2c(=O)n(C)c(=O)n3C)cc1. The van der Waals surface area contributed by atoms with Gasteiger partial charge in [0.1, 0.15) is 5.82 Å². The van der Waals surface area contributed by atoms with Gasteiger partial charge in [-0.15, -0.1) is 0 Å². The normalized spacial score (nSPS) is 17.9. The summed E-state index contributed by atoms with van der Waals surface area (Å²) in [5.41, 5.74) is 2.63. The van der Waals surface area contributed by atoms with E-state index in [-0.39, 0.29) is 11.2 Å². The summed E-state index contributed by atoms with van der Waals surface area (Å²) in [7, 11) is 3.21. The molecule has 7 nitrogen and oxygen atoms in total. The molecule has 2 aromatic heterocycles. The lowest BCUT2D eigenvalue weighted by Gasteiger charge is -2.33. The lowest BCUT2D eigenvalue weighted by Crippen LogP contribution is -2.38. The molecule has 0 aliphatic carbocycles. The molecule has 1 aliphatic rings. The minimum Gasteiger partial charge on any atom is -0.317 e. The molecule has 0 N–H and O–H groups in total. The quantitative estimate of drug-likeness (QED) is 0.679. The van der Waals surface area contributed by atoms with Crippen molar-refractivity contribution in [1.82, 2.24) is 23.6 Å². The summed E-state index contributed by atoms with van der Waals surface area (Å²) in [5.74, 6) is 0.840. The number of nitrogens with zero attached hydrogens (tertiary/aromatic N) is 5. The highest BCUT2D eigenvalue weighted by Crippen LogP contribution is 2.21. The Morgan fingerprint density at radius 2 is 1.76 bits per heavy atom. The molecule has 3 aromatic rings. The Bertz CT molecular complexity index is 1150. The van der Waals surface area contributed by atoms with E-state index in [4.69, 9.17) is 4.98 Å². The fourth-order valence-corrected chi connectivity index (χ4v) is 4.23. The summed E-state index contributed by atoms with van der Waals surface area (Å²) in [6, 6.07) is 8.81. The van der Waals surface area contributed by atoms with Crippen LogP contribution in [0.15, 0.2) is 33.9 Å². The molecule has 0 unspecified atom stereocenters. The summed E-state index contributed by atoms with van der Waals surface area (Å²) in [4.78, 5) is 32.7. The molecule has 0 radical (unpaired) electrons. The van der Waals surface area contributed by atoms with E-state index in [0.29, 0.717) is 30.3 Å². The molecule has 1 fully saturated rings. The maximum absolute atomic E-state index is 13.0. The zero-order chi connectivity index (χ0) is 20.7. The van der Waals surface area contributed by atoms with E-state index in [1.54, 1.807) is 7.05 Å². The zero-order valence-electron chi connectivity index (χ0n) is 17.7. The van der Waals surface area contributed by atoms with Gasteiger partial charge in [0.25, 0.3) is 5.56 Å². The van der Waals surface area contributed by atoms with Crippen LogP contribution in [0.25, 0.3) is 11.2 Å². The van der Waals surface area contributed by atoms with E-state index in [2.05, 4.69) is 43.0 Å². The average molecular weight is 396 g/mol. The van der Waals surface area contributed by atoms with Crippen molar-refractivity contribution in [1.29, 1.82) is 0 Å². The predicted molar refractivity (Wildman–Crippen MR) is 114 cm³/mol. The zero-order valence-corrected chi connectivity index (χ0v) is 17.7. The molecular weight excluding hydrogens is 366 g/mol. The Hall–Kier alpha value is -2.67. The standard InChI is InChI=1S/C22H29N5O2/c1-15-8-10-17(11-9-15)13-27-18(14-26-12-6-5-7-16(26)2)23-20-19(27)21(28)25(4)22(29)24(20)3/h8-11,16H,5-7,12-14H2,1-4H3/t16-/m0/s1. The first-order chi connectivity index (χ1) is 13.9. The van der Waals surface area contributed by atoms with Gasteiger partial charge in [0, 0.05) is 26.7 Å². The van der Waals surface area contributed by atoms with E-state index in [0.717, 1.165) is 17.9 Å². The van der Waals surface area contributed by atoms with Crippen LogP contribution in [0.3, 0.4) is 0 Å². The second-order valence-corrected chi connectivity index (χ2v) is 8.29. The van der Waals surface area contributed by atoms with E-state index in [9.17, 15) is 9.59 Å². The Balaban J connectivity index is 1.87. The third-order valence-corrected chi connectivity index (χ3v) is 6.17. The average Bonchev–Trinajstić information content (AvgIpc) is 3.06. The van der Waals surface area contributed by atoms with Crippen LogP contribution in [0.5, 0.6) is 0 Å². The van der Waals surface area contributed by atoms with Crippen molar-refractivity contribution in [3.8, 4) is 0 Å². The van der Waals surface area contributed by atoms with Crippen molar-refractivity contribution >= 4 is 11.2 Å². The monoisotopic (exact) mass is 395 g/mol. The molecule has 0 bridgehead atoms. The minimum absolute atomic E-state index is 0.291. The highest BCUT2D eigenvalue weighted by molar-refractivity contribution is 5.71. The van der Waals surface area contributed by atoms with Gasteiger partial charge in [-0.25, -0.2) is 9.78 Å². The fourth-order valence-electron chi connectivity index (χ4n) is 4.23. The topological polar surface area (TPSA) is 65.1 Å². The van der Waals surface area contributed by atoms with Gasteiger partial charge >= 0.3 is 5.69 Å². The first kappa shape index (κ1) is 19.6. The molecule has 7 heteroatoms. The largest absolute Gasteiger partial charge is 0.332 e. The minimum atomic E-state index is -0.347. The maximum atomic E-state index is 13.0. The van der Waals surface area contributed by atoms with Crippen LogP contribution in [-0.4, -0.2) is 36.2 Å².